The molecular weight excluding hydrogens is 510 g/mol. The molecule has 1 N–H and O–H groups in total. The van der Waals surface area contributed by atoms with Crippen molar-refractivity contribution >= 4 is 26.7 Å². The number of hydrogen-bond donors (Lipinski definition) is 1. The predicted molar refractivity (Wildman–Crippen MR) is 152 cm³/mol. The first kappa shape index (κ1) is 25.9. The lowest BCUT2D eigenvalue weighted by Gasteiger charge is -2.37. The number of para-hydroxylation sites is 1. The van der Waals surface area contributed by atoms with Gasteiger partial charge in [-0.2, -0.15) is 9.40 Å². The van der Waals surface area contributed by atoms with E-state index in [0.717, 1.165) is 28.2 Å². The Balaban J connectivity index is 1.15. The van der Waals surface area contributed by atoms with E-state index in [1.807, 2.05) is 30.5 Å². The quantitative estimate of drug-likeness (QED) is 0.362. The van der Waals surface area contributed by atoms with Gasteiger partial charge in [0, 0.05) is 50.0 Å². The molecule has 2 fully saturated rings. The molecule has 1 saturated heterocycles. The first-order valence-corrected chi connectivity index (χ1v) is 15.3. The minimum absolute atomic E-state index is 0.0280. The maximum absolute atomic E-state index is 13.4. The standard InChI is InChI=1S/C29H35N7O2S/c1-22(28-32-27-11-6-5-10-26(27)29(33-28)31-23-8-3-2-4-9-23)34-18-20-35(21-19-34)39(37,38)25-14-12-24(13-15-25)36-17-7-16-30-36/h5-7,10-17,22-23H,2-4,8-9,18-21H2,1H3,(H,31,32,33)/t22-/m0/s1. The largest absolute Gasteiger partial charge is 0.367 e. The van der Waals surface area contributed by atoms with Crippen LogP contribution in [0.15, 0.2) is 71.9 Å². The van der Waals surface area contributed by atoms with Gasteiger partial charge >= 0.3 is 0 Å². The zero-order valence-corrected chi connectivity index (χ0v) is 23.1. The Morgan fingerprint density at radius 3 is 2.36 bits per heavy atom. The van der Waals surface area contributed by atoms with Crippen LogP contribution in [-0.4, -0.2) is 69.6 Å². The number of sulfonamides is 1. The molecule has 1 aliphatic heterocycles. The smallest absolute Gasteiger partial charge is 0.243 e. The molecule has 0 spiro atoms. The van der Waals surface area contributed by atoms with Gasteiger partial charge in [-0.3, -0.25) is 4.90 Å². The highest BCUT2D eigenvalue weighted by Gasteiger charge is 2.31. The van der Waals surface area contributed by atoms with E-state index in [-0.39, 0.29) is 6.04 Å². The summed E-state index contributed by atoms with van der Waals surface area (Å²) in [6.45, 7) is 4.20. The molecule has 2 aromatic carbocycles. The first-order valence-electron chi connectivity index (χ1n) is 13.9. The van der Waals surface area contributed by atoms with Crippen LogP contribution in [0.4, 0.5) is 5.82 Å². The summed E-state index contributed by atoms with van der Waals surface area (Å²) < 4.78 is 30.0. The summed E-state index contributed by atoms with van der Waals surface area (Å²) in [5.41, 5.74) is 1.76. The van der Waals surface area contributed by atoms with E-state index in [2.05, 4.69) is 28.3 Å². The molecule has 0 amide bonds. The van der Waals surface area contributed by atoms with Gasteiger partial charge in [-0.1, -0.05) is 31.4 Å². The van der Waals surface area contributed by atoms with Gasteiger partial charge in [0.05, 0.1) is 22.1 Å². The van der Waals surface area contributed by atoms with Gasteiger partial charge in [0.25, 0.3) is 0 Å². The Bertz CT molecular complexity index is 1510. The van der Waals surface area contributed by atoms with Crippen LogP contribution >= 0.6 is 0 Å². The van der Waals surface area contributed by atoms with Crippen LogP contribution in [0.5, 0.6) is 0 Å². The average molecular weight is 546 g/mol. The lowest BCUT2D eigenvalue weighted by atomic mass is 9.95. The highest BCUT2D eigenvalue weighted by Crippen LogP contribution is 2.29. The molecule has 39 heavy (non-hydrogen) atoms. The van der Waals surface area contributed by atoms with Crippen LogP contribution in [0.3, 0.4) is 0 Å². The van der Waals surface area contributed by atoms with Crippen molar-refractivity contribution in [3.05, 3.63) is 72.8 Å². The molecule has 1 saturated carbocycles. The van der Waals surface area contributed by atoms with Crippen LogP contribution in [0.25, 0.3) is 16.6 Å². The van der Waals surface area contributed by atoms with Crippen LogP contribution in [0.2, 0.25) is 0 Å². The molecular formula is C29H35N7O2S. The first-order chi connectivity index (χ1) is 19.0. The minimum Gasteiger partial charge on any atom is -0.367 e. The van der Waals surface area contributed by atoms with Crippen LogP contribution in [0.1, 0.15) is 50.9 Å². The van der Waals surface area contributed by atoms with E-state index in [1.165, 1.54) is 32.1 Å². The van der Waals surface area contributed by atoms with Gasteiger partial charge in [0.1, 0.15) is 11.6 Å². The Morgan fingerprint density at radius 1 is 0.897 bits per heavy atom. The molecule has 0 unspecified atom stereocenters. The number of nitrogens with zero attached hydrogens (tertiary/aromatic N) is 6. The molecule has 1 aliphatic carbocycles. The number of hydrogen-bond acceptors (Lipinski definition) is 7. The van der Waals surface area contributed by atoms with Crippen LogP contribution in [0, 0.1) is 0 Å². The number of anilines is 1. The average Bonchev–Trinajstić information content (AvgIpc) is 3.53. The zero-order chi connectivity index (χ0) is 26.8. The maximum Gasteiger partial charge on any atom is 0.243 e. The molecule has 2 aliphatic rings. The maximum atomic E-state index is 13.4. The van der Waals surface area contributed by atoms with Crippen LogP contribution < -0.4 is 5.32 Å². The number of rotatable bonds is 7. The summed E-state index contributed by atoms with van der Waals surface area (Å²) in [7, 11) is -3.58. The lowest BCUT2D eigenvalue weighted by molar-refractivity contribution is 0.141. The highest BCUT2D eigenvalue weighted by molar-refractivity contribution is 7.89. The van der Waals surface area contributed by atoms with Crippen LogP contribution in [-0.2, 0) is 10.0 Å². The summed E-state index contributed by atoms with van der Waals surface area (Å²) in [5, 5.41) is 8.97. The molecule has 1 atom stereocenters. The van der Waals surface area contributed by atoms with Crippen molar-refractivity contribution in [2.24, 2.45) is 0 Å². The van der Waals surface area contributed by atoms with Gasteiger partial charge in [-0.15, -0.1) is 0 Å². The fourth-order valence-electron chi connectivity index (χ4n) is 5.67. The molecule has 0 bridgehead atoms. The highest BCUT2D eigenvalue weighted by atomic mass is 32.2. The third-order valence-electron chi connectivity index (χ3n) is 8.00. The normalized spacial score (nSPS) is 18.8. The second-order valence-electron chi connectivity index (χ2n) is 10.5. The van der Waals surface area contributed by atoms with E-state index in [9.17, 15) is 8.42 Å². The second-order valence-corrected chi connectivity index (χ2v) is 12.4. The molecule has 0 radical (unpaired) electrons. The number of piperazine rings is 1. The van der Waals surface area contributed by atoms with E-state index < -0.39 is 10.0 Å². The SMILES string of the molecule is C[C@@H](c1nc(NC2CCCCC2)c2ccccc2n1)N1CCN(S(=O)(=O)c2ccc(-n3cccn3)cc2)CC1. The summed E-state index contributed by atoms with van der Waals surface area (Å²) in [6, 6.07) is 17.3. The monoisotopic (exact) mass is 545 g/mol. The predicted octanol–water partition coefficient (Wildman–Crippen LogP) is 4.63. The molecule has 6 rings (SSSR count). The van der Waals surface area contributed by atoms with Crippen molar-refractivity contribution in [1.29, 1.82) is 0 Å². The van der Waals surface area contributed by atoms with Crippen molar-refractivity contribution < 1.29 is 8.42 Å². The Morgan fingerprint density at radius 2 is 1.64 bits per heavy atom. The number of nitrogens with one attached hydrogen (secondary N) is 1. The van der Waals surface area contributed by atoms with E-state index in [4.69, 9.17) is 9.97 Å². The second kappa shape index (κ2) is 11.0. The summed E-state index contributed by atoms with van der Waals surface area (Å²) >= 11 is 0. The Hall–Kier alpha value is -3.34. The zero-order valence-electron chi connectivity index (χ0n) is 22.3. The van der Waals surface area contributed by atoms with Gasteiger partial charge in [-0.25, -0.2) is 23.1 Å². The van der Waals surface area contributed by atoms with Gasteiger partial charge in [0.2, 0.25) is 10.0 Å². The van der Waals surface area contributed by atoms with Gasteiger partial charge < -0.3 is 5.32 Å². The van der Waals surface area contributed by atoms with Gasteiger partial charge in [0.15, 0.2) is 0 Å². The van der Waals surface area contributed by atoms with Gasteiger partial charge in [-0.05, 0) is 62.2 Å². The Kier molecular flexibility index (Phi) is 7.33. The minimum atomic E-state index is -3.58. The summed E-state index contributed by atoms with van der Waals surface area (Å²) in [4.78, 5) is 12.5. The van der Waals surface area contributed by atoms with Crippen molar-refractivity contribution in [3.63, 3.8) is 0 Å². The number of benzene rings is 2. The third-order valence-corrected chi connectivity index (χ3v) is 9.92. The fraction of sp³-hybridized carbons (Fsp3) is 0.414. The molecule has 10 heteroatoms. The molecule has 4 aromatic rings. The molecule has 2 aromatic heterocycles. The van der Waals surface area contributed by atoms with Crippen molar-refractivity contribution in [1.82, 2.24) is 29.0 Å². The van der Waals surface area contributed by atoms with E-state index in [1.54, 1.807) is 39.4 Å². The Labute approximate surface area is 229 Å². The molecule has 9 nitrogen and oxygen atoms in total. The van der Waals surface area contributed by atoms with Crippen molar-refractivity contribution in [3.8, 4) is 5.69 Å². The summed E-state index contributed by atoms with van der Waals surface area (Å²) in [5.74, 6) is 1.69. The lowest BCUT2D eigenvalue weighted by Crippen LogP contribution is -2.49. The molecule has 3 heterocycles. The van der Waals surface area contributed by atoms with E-state index in [0.29, 0.717) is 37.1 Å². The summed E-state index contributed by atoms with van der Waals surface area (Å²) in [6.07, 6.45) is 9.69. The number of fused-ring (bicyclic) bond motifs is 1. The van der Waals surface area contributed by atoms with Crippen molar-refractivity contribution in [2.45, 2.75) is 56.0 Å². The van der Waals surface area contributed by atoms with Crippen molar-refractivity contribution in [2.75, 3.05) is 31.5 Å². The topological polar surface area (TPSA) is 96.3 Å². The molecule has 204 valence electrons. The third kappa shape index (κ3) is 5.41. The fourth-order valence-corrected chi connectivity index (χ4v) is 7.09. The number of aromatic nitrogens is 4. The van der Waals surface area contributed by atoms with E-state index >= 15 is 0 Å².